The van der Waals surface area contributed by atoms with Crippen LogP contribution >= 0.6 is 0 Å². The van der Waals surface area contributed by atoms with Gasteiger partial charge in [0.2, 0.25) is 17.7 Å². The van der Waals surface area contributed by atoms with E-state index in [1.54, 1.807) is 6.20 Å². The van der Waals surface area contributed by atoms with Crippen LogP contribution in [-0.2, 0) is 25.6 Å². The van der Waals surface area contributed by atoms with E-state index in [1.807, 2.05) is 38.1 Å². The molecular weight excluding hydrogens is 464 g/mol. The number of hydrogen-bond donors (Lipinski definition) is 7. The lowest BCUT2D eigenvalue weighted by Gasteiger charge is -2.27. The molecule has 0 spiro atoms. The Morgan fingerprint density at radius 2 is 1.69 bits per heavy atom. The summed E-state index contributed by atoms with van der Waals surface area (Å²) in [6.07, 6.45) is 3.86. The summed E-state index contributed by atoms with van der Waals surface area (Å²) in [7, 11) is 0. The van der Waals surface area contributed by atoms with Crippen molar-refractivity contribution in [1.82, 2.24) is 20.9 Å². The molecule has 4 atom stereocenters. The number of carboxylic acid groups (broad SMARTS) is 1. The number of fused-ring (bicyclic) bond motifs is 1. The van der Waals surface area contributed by atoms with Crippen molar-refractivity contribution in [3.63, 3.8) is 0 Å². The number of aliphatic carboxylic acids is 1. The summed E-state index contributed by atoms with van der Waals surface area (Å²) < 4.78 is 0. The third-order valence-corrected chi connectivity index (χ3v) is 6.29. The van der Waals surface area contributed by atoms with Crippen LogP contribution in [0.1, 0.15) is 45.1 Å². The van der Waals surface area contributed by atoms with Gasteiger partial charge >= 0.3 is 5.97 Å². The lowest BCUT2D eigenvalue weighted by atomic mass is 9.97. The van der Waals surface area contributed by atoms with Gasteiger partial charge in [0.25, 0.3) is 0 Å². The van der Waals surface area contributed by atoms with E-state index in [9.17, 15) is 24.3 Å². The van der Waals surface area contributed by atoms with Crippen molar-refractivity contribution < 1.29 is 24.3 Å². The first-order valence-corrected chi connectivity index (χ1v) is 12.3. The highest BCUT2D eigenvalue weighted by atomic mass is 16.4. The maximum atomic E-state index is 13.2. The van der Waals surface area contributed by atoms with Crippen LogP contribution in [0.25, 0.3) is 10.9 Å². The molecule has 2 rings (SSSR count). The van der Waals surface area contributed by atoms with Crippen molar-refractivity contribution in [2.24, 2.45) is 17.4 Å². The number of aromatic amines is 1. The van der Waals surface area contributed by atoms with Crippen molar-refractivity contribution in [3.8, 4) is 0 Å². The summed E-state index contributed by atoms with van der Waals surface area (Å²) in [5.41, 5.74) is 12.6. The molecule has 0 radical (unpaired) electrons. The number of carbonyl (C=O) groups excluding carboxylic acids is 3. The Labute approximate surface area is 210 Å². The molecule has 0 bridgehead atoms. The highest BCUT2D eigenvalue weighted by Crippen LogP contribution is 2.19. The molecule has 1 aromatic carbocycles. The number of para-hydroxylation sites is 1. The molecule has 1 aromatic heterocycles. The normalized spacial score (nSPS) is 14.4. The van der Waals surface area contributed by atoms with Gasteiger partial charge in [0, 0.05) is 23.5 Å². The molecule has 0 aliphatic heterocycles. The van der Waals surface area contributed by atoms with Crippen molar-refractivity contribution >= 4 is 34.6 Å². The molecule has 1 heterocycles. The first-order valence-electron chi connectivity index (χ1n) is 12.3. The minimum absolute atomic E-state index is 0.0661. The molecule has 9 N–H and O–H groups in total. The van der Waals surface area contributed by atoms with Gasteiger partial charge in [0.15, 0.2) is 0 Å². The molecule has 0 aliphatic rings. The number of nitrogens with two attached hydrogens (primary N) is 2. The Balaban J connectivity index is 2.18. The average molecular weight is 503 g/mol. The van der Waals surface area contributed by atoms with Crippen LogP contribution in [0.4, 0.5) is 0 Å². The number of hydrogen-bond acceptors (Lipinski definition) is 6. The number of aromatic nitrogens is 1. The van der Waals surface area contributed by atoms with Gasteiger partial charge in [-0.2, -0.15) is 0 Å². The molecule has 0 saturated heterocycles. The quantitative estimate of drug-likeness (QED) is 0.171. The van der Waals surface area contributed by atoms with E-state index in [1.165, 1.54) is 0 Å². The minimum atomic E-state index is -1.20. The third-order valence-electron chi connectivity index (χ3n) is 6.29. The monoisotopic (exact) mass is 502 g/mol. The van der Waals surface area contributed by atoms with Gasteiger partial charge in [-0.3, -0.25) is 14.4 Å². The second-order valence-electron chi connectivity index (χ2n) is 8.94. The van der Waals surface area contributed by atoms with E-state index < -0.39 is 41.8 Å². The highest BCUT2D eigenvalue weighted by molar-refractivity contribution is 5.94. The minimum Gasteiger partial charge on any atom is -0.480 e. The van der Waals surface area contributed by atoms with E-state index in [0.717, 1.165) is 16.5 Å². The fraction of sp³-hybridized carbons (Fsp3) is 0.520. The van der Waals surface area contributed by atoms with Crippen LogP contribution in [0.15, 0.2) is 30.5 Å². The van der Waals surface area contributed by atoms with Crippen molar-refractivity contribution in [2.75, 3.05) is 13.1 Å². The Kier molecular flexibility index (Phi) is 11.4. The average Bonchev–Trinajstić information content (AvgIpc) is 3.28. The molecule has 2 aromatic rings. The Bertz CT molecular complexity index is 1040. The largest absolute Gasteiger partial charge is 0.480 e. The van der Waals surface area contributed by atoms with Gasteiger partial charge < -0.3 is 37.5 Å². The van der Waals surface area contributed by atoms with Crippen LogP contribution < -0.4 is 27.4 Å². The Morgan fingerprint density at radius 1 is 1.00 bits per heavy atom. The maximum absolute atomic E-state index is 13.2. The van der Waals surface area contributed by atoms with Crippen LogP contribution in [0.2, 0.25) is 0 Å². The summed E-state index contributed by atoms with van der Waals surface area (Å²) in [6.45, 7) is 3.84. The zero-order chi connectivity index (χ0) is 26.7. The van der Waals surface area contributed by atoms with Gasteiger partial charge in [-0.25, -0.2) is 4.79 Å². The van der Waals surface area contributed by atoms with Crippen molar-refractivity contribution in [3.05, 3.63) is 36.0 Å². The number of rotatable bonds is 15. The molecule has 198 valence electrons. The van der Waals surface area contributed by atoms with E-state index in [-0.39, 0.29) is 25.3 Å². The number of carboxylic acids is 1. The third kappa shape index (κ3) is 8.06. The smallest absolute Gasteiger partial charge is 0.326 e. The Hall–Kier alpha value is -3.44. The Morgan fingerprint density at radius 3 is 2.33 bits per heavy atom. The van der Waals surface area contributed by atoms with Crippen LogP contribution in [0, 0.1) is 5.92 Å². The first kappa shape index (κ1) is 28.8. The van der Waals surface area contributed by atoms with Crippen molar-refractivity contribution in [2.45, 2.75) is 64.1 Å². The molecule has 0 aliphatic carbocycles. The standard InChI is InChI=1S/C25H38N6O5/c1-3-15(2)22(31-21(32)13-27)24(34)29-19(10-6-7-11-26)23(33)30-20(25(35)36)12-16-14-28-18-9-5-4-8-17(16)18/h4-5,8-9,14-15,19-20,22,28H,3,6-7,10-13,26-27H2,1-2H3,(H,29,34)(H,30,33)(H,31,32)(H,35,36). The fourth-order valence-corrected chi connectivity index (χ4v) is 3.95. The number of H-pyrrole nitrogens is 1. The van der Waals surface area contributed by atoms with E-state index in [0.29, 0.717) is 25.8 Å². The van der Waals surface area contributed by atoms with Gasteiger partial charge in [0.1, 0.15) is 18.1 Å². The molecule has 11 nitrogen and oxygen atoms in total. The molecule has 4 unspecified atom stereocenters. The molecule has 0 fully saturated rings. The van der Waals surface area contributed by atoms with E-state index >= 15 is 0 Å². The van der Waals surface area contributed by atoms with Gasteiger partial charge in [-0.1, -0.05) is 38.5 Å². The van der Waals surface area contributed by atoms with Gasteiger partial charge in [0.05, 0.1) is 6.54 Å². The summed E-state index contributed by atoms with van der Waals surface area (Å²) >= 11 is 0. The van der Waals surface area contributed by atoms with Gasteiger partial charge in [-0.05, 0) is 43.4 Å². The maximum Gasteiger partial charge on any atom is 0.326 e. The molecule has 0 saturated carbocycles. The summed E-state index contributed by atoms with van der Waals surface area (Å²) in [5.74, 6) is -3.01. The number of carbonyl (C=O) groups is 4. The molecule has 11 heteroatoms. The highest BCUT2D eigenvalue weighted by Gasteiger charge is 2.31. The van der Waals surface area contributed by atoms with E-state index in [4.69, 9.17) is 11.5 Å². The molecule has 3 amide bonds. The second-order valence-corrected chi connectivity index (χ2v) is 8.94. The van der Waals surface area contributed by atoms with E-state index in [2.05, 4.69) is 20.9 Å². The SMILES string of the molecule is CCC(C)C(NC(=O)CN)C(=O)NC(CCCCN)C(=O)NC(Cc1c[nH]c2ccccc12)C(=O)O. The lowest BCUT2D eigenvalue weighted by molar-refractivity contribution is -0.142. The lowest BCUT2D eigenvalue weighted by Crippen LogP contribution is -2.57. The number of unbranched alkanes of at least 4 members (excludes halogenated alkanes) is 1. The topological polar surface area (TPSA) is 192 Å². The fourth-order valence-electron chi connectivity index (χ4n) is 3.95. The summed E-state index contributed by atoms with van der Waals surface area (Å²) in [5, 5.41) is 18.6. The second kappa shape index (κ2) is 14.2. The summed E-state index contributed by atoms with van der Waals surface area (Å²) in [4.78, 5) is 53.2. The zero-order valence-corrected chi connectivity index (χ0v) is 20.9. The number of nitrogens with one attached hydrogen (secondary N) is 4. The van der Waals surface area contributed by atoms with Crippen LogP contribution in [-0.4, -0.2) is 65.0 Å². The van der Waals surface area contributed by atoms with Crippen molar-refractivity contribution in [1.29, 1.82) is 0 Å². The summed E-state index contributed by atoms with van der Waals surface area (Å²) in [6, 6.07) is 4.42. The van der Waals surface area contributed by atoms with Crippen LogP contribution in [0.5, 0.6) is 0 Å². The predicted molar refractivity (Wildman–Crippen MR) is 137 cm³/mol. The number of amides is 3. The molecule has 36 heavy (non-hydrogen) atoms. The molecular formula is C25H38N6O5. The zero-order valence-electron chi connectivity index (χ0n) is 20.9. The first-order chi connectivity index (χ1) is 17.2. The van der Waals surface area contributed by atoms with Crippen LogP contribution in [0.3, 0.4) is 0 Å². The van der Waals surface area contributed by atoms with Gasteiger partial charge in [-0.15, -0.1) is 0 Å². The predicted octanol–water partition coefficient (Wildman–Crippen LogP) is 0.383. The number of benzene rings is 1.